The van der Waals surface area contributed by atoms with Crippen LogP contribution >= 0.6 is 0 Å². The fraction of sp³-hybridized carbons (Fsp3) is 0.364. The number of aromatic nitrogens is 2. The lowest BCUT2D eigenvalue weighted by Gasteiger charge is -2.09. The second-order valence-electron chi connectivity index (χ2n) is 7.58. The van der Waals surface area contributed by atoms with Gasteiger partial charge in [0.1, 0.15) is 0 Å². The fourth-order valence-corrected chi connectivity index (χ4v) is 3.63. The Morgan fingerprint density at radius 2 is 1.77 bits per heavy atom. The molecule has 132 valence electrons. The van der Waals surface area contributed by atoms with Gasteiger partial charge in [0.05, 0.1) is 12.2 Å². The Bertz CT molecular complexity index is 966. The maximum absolute atomic E-state index is 12.5. The Labute approximate surface area is 153 Å². The van der Waals surface area contributed by atoms with Gasteiger partial charge in [-0.1, -0.05) is 30.3 Å². The second-order valence-corrected chi connectivity index (χ2v) is 7.58. The molecule has 1 amide bonds. The van der Waals surface area contributed by atoms with E-state index in [9.17, 15) is 4.79 Å². The average molecular weight is 345 g/mol. The smallest absolute Gasteiger partial charge is 0.251 e. The molecule has 2 fully saturated rings. The zero-order chi connectivity index (χ0) is 17.5. The second kappa shape index (κ2) is 6.27. The summed E-state index contributed by atoms with van der Waals surface area (Å²) < 4.78 is 2.13. The molecule has 2 aliphatic carbocycles. The molecule has 1 N–H and O–H groups in total. The summed E-state index contributed by atoms with van der Waals surface area (Å²) in [6.45, 7) is 1.36. The molecule has 0 saturated heterocycles. The van der Waals surface area contributed by atoms with E-state index >= 15 is 0 Å². The van der Waals surface area contributed by atoms with E-state index in [0.717, 1.165) is 17.3 Å². The summed E-state index contributed by atoms with van der Waals surface area (Å²) in [5.41, 5.74) is 3.34. The fourth-order valence-electron chi connectivity index (χ4n) is 3.63. The average Bonchev–Trinajstić information content (AvgIpc) is 3.60. The van der Waals surface area contributed by atoms with E-state index in [1.54, 1.807) is 0 Å². The van der Waals surface area contributed by atoms with Crippen molar-refractivity contribution >= 4 is 16.7 Å². The van der Waals surface area contributed by atoms with Gasteiger partial charge in [-0.3, -0.25) is 9.48 Å². The predicted molar refractivity (Wildman–Crippen MR) is 102 cm³/mol. The van der Waals surface area contributed by atoms with Gasteiger partial charge in [0.25, 0.3) is 5.91 Å². The minimum Gasteiger partial charge on any atom is -0.350 e. The molecule has 2 saturated carbocycles. The zero-order valence-corrected chi connectivity index (χ0v) is 14.8. The van der Waals surface area contributed by atoms with Gasteiger partial charge in [-0.15, -0.1) is 0 Å². The summed E-state index contributed by atoms with van der Waals surface area (Å²) in [7, 11) is 0. The van der Waals surface area contributed by atoms with Crippen molar-refractivity contribution in [3.05, 3.63) is 65.5 Å². The van der Waals surface area contributed by atoms with Crippen LogP contribution in [0.4, 0.5) is 0 Å². The normalized spacial score (nSPS) is 16.8. The standard InChI is InChI=1S/C22H23N3O/c26-22(19-10-5-15-3-1-2-4-18(15)13-19)23-11-12-25-21(17-8-9-17)14-20(24-25)16-6-7-16/h1-5,10,13-14,16-17H,6-9,11-12H2,(H,23,26). The number of benzene rings is 2. The highest BCUT2D eigenvalue weighted by molar-refractivity contribution is 5.98. The molecule has 1 aromatic heterocycles. The lowest BCUT2D eigenvalue weighted by molar-refractivity contribution is 0.0952. The number of amides is 1. The molecule has 1 heterocycles. The molecule has 3 aromatic rings. The Morgan fingerprint density at radius 1 is 1.00 bits per heavy atom. The quantitative estimate of drug-likeness (QED) is 0.727. The molecular formula is C22H23N3O. The van der Waals surface area contributed by atoms with Crippen molar-refractivity contribution in [3.63, 3.8) is 0 Å². The molecule has 0 aliphatic heterocycles. The highest BCUT2D eigenvalue weighted by Gasteiger charge is 2.32. The predicted octanol–water partition coefficient (Wildman–Crippen LogP) is 4.22. The molecule has 4 heteroatoms. The van der Waals surface area contributed by atoms with Crippen molar-refractivity contribution < 1.29 is 4.79 Å². The Morgan fingerprint density at radius 3 is 2.54 bits per heavy atom. The minimum atomic E-state index is -0.0155. The summed E-state index contributed by atoms with van der Waals surface area (Å²) in [5, 5.41) is 10.1. The topological polar surface area (TPSA) is 46.9 Å². The first-order chi connectivity index (χ1) is 12.8. The third-order valence-electron chi connectivity index (χ3n) is 5.44. The van der Waals surface area contributed by atoms with E-state index in [-0.39, 0.29) is 5.91 Å². The Balaban J connectivity index is 1.25. The van der Waals surface area contributed by atoms with E-state index in [0.29, 0.717) is 23.9 Å². The highest BCUT2D eigenvalue weighted by atomic mass is 16.1. The van der Waals surface area contributed by atoms with Crippen LogP contribution in [0.5, 0.6) is 0 Å². The monoisotopic (exact) mass is 345 g/mol. The van der Waals surface area contributed by atoms with Crippen LogP contribution in [0.3, 0.4) is 0 Å². The van der Waals surface area contributed by atoms with Gasteiger partial charge in [0.15, 0.2) is 0 Å². The number of hydrogen-bond donors (Lipinski definition) is 1. The molecule has 26 heavy (non-hydrogen) atoms. The summed E-state index contributed by atoms with van der Waals surface area (Å²) in [5.74, 6) is 1.35. The number of hydrogen-bond acceptors (Lipinski definition) is 2. The summed E-state index contributed by atoms with van der Waals surface area (Å²) in [6, 6.07) is 16.3. The van der Waals surface area contributed by atoms with Gasteiger partial charge in [-0.25, -0.2) is 0 Å². The van der Waals surface area contributed by atoms with Crippen molar-refractivity contribution in [2.45, 2.75) is 44.1 Å². The molecule has 0 unspecified atom stereocenters. The van der Waals surface area contributed by atoms with Gasteiger partial charge in [0, 0.05) is 29.6 Å². The third-order valence-corrected chi connectivity index (χ3v) is 5.44. The zero-order valence-electron chi connectivity index (χ0n) is 14.8. The molecule has 0 radical (unpaired) electrons. The summed E-state index contributed by atoms with van der Waals surface area (Å²) in [4.78, 5) is 12.5. The van der Waals surface area contributed by atoms with E-state index in [4.69, 9.17) is 5.10 Å². The maximum Gasteiger partial charge on any atom is 0.251 e. The van der Waals surface area contributed by atoms with Crippen LogP contribution in [0.2, 0.25) is 0 Å². The van der Waals surface area contributed by atoms with Gasteiger partial charge in [0.2, 0.25) is 0 Å². The first-order valence-electron chi connectivity index (χ1n) is 9.62. The van der Waals surface area contributed by atoms with Crippen LogP contribution in [-0.4, -0.2) is 22.2 Å². The minimum absolute atomic E-state index is 0.0155. The molecule has 4 nitrogen and oxygen atoms in total. The lowest BCUT2D eigenvalue weighted by Crippen LogP contribution is -2.28. The van der Waals surface area contributed by atoms with Gasteiger partial charge >= 0.3 is 0 Å². The molecule has 0 bridgehead atoms. The van der Waals surface area contributed by atoms with E-state index in [2.05, 4.69) is 22.1 Å². The van der Waals surface area contributed by atoms with Crippen molar-refractivity contribution in [3.8, 4) is 0 Å². The largest absolute Gasteiger partial charge is 0.350 e. The molecule has 5 rings (SSSR count). The molecule has 2 aromatic carbocycles. The van der Waals surface area contributed by atoms with Gasteiger partial charge < -0.3 is 5.32 Å². The highest BCUT2D eigenvalue weighted by Crippen LogP contribution is 2.44. The van der Waals surface area contributed by atoms with Gasteiger partial charge in [-0.05, 0) is 54.7 Å². The van der Waals surface area contributed by atoms with Crippen LogP contribution in [0, 0.1) is 0 Å². The van der Waals surface area contributed by atoms with Gasteiger partial charge in [-0.2, -0.15) is 5.10 Å². The number of rotatable bonds is 6. The lowest BCUT2D eigenvalue weighted by atomic mass is 10.1. The first-order valence-corrected chi connectivity index (χ1v) is 9.62. The SMILES string of the molecule is O=C(NCCn1nc(C2CC2)cc1C1CC1)c1ccc2ccccc2c1. The molecular weight excluding hydrogens is 322 g/mol. The van der Waals surface area contributed by atoms with E-state index < -0.39 is 0 Å². The molecule has 2 aliphatic rings. The van der Waals surface area contributed by atoms with Crippen LogP contribution in [0.1, 0.15) is 59.3 Å². The Hall–Kier alpha value is -2.62. The number of fused-ring (bicyclic) bond motifs is 1. The van der Waals surface area contributed by atoms with E-state index in [1.165, 1.54) is 37.1 Å². The third kappa shape index (κ3) is 3.12. The molecule has 0 atom stereocenters. The number of nitrogens with one attached hydrogen (secondary N) is 1. The van der Waals surface area contributed by atoms with Crippen molar-refractivity contribution in [2.24, 2.45) is 0 Å². The van der Waals surface area contributed by atoms with Crippen LogP contribution in [-0.2, 0) is 6.54 Å². The van der Waals surface area contributed by atoms with Crippen LogP contribution < -0.4 is 5.32 Å². The van der Waals surface area contributed by atoms with Crippen LogP contribution in [0.15, 0.2) is 48.5 Å². The first kappa shape index (κ1) is 15.6. The number of carbonyl (C=O) groups is 1. The van der Waals surface area contributed by atoms with Crippen molar-refractivity contribution in [1.82, 2.24) is 15.1 Å². The van der Waals surface area contributed by atoms with Crippen molar-refractivity contribution in [1.29, 1.82) is 0 Å². The molecule has 0 spiro atoms. The summed E-state index contributed by atoms with van der Waals surface area (Å²) >= 11 is 0. The van der Waals surface area contributed by atoms with Crippen LogP contribution in [0.25, 0.3) is 10.8 Å². The number of nitrogens with zero attached hydrogens (tertiary/aromatic N) is 2. The number of carbonyl (C=O) groups excluding carboxylic acids is 1. The Kier molecular flexibility index (Phi) is 3.77. The van der Waals surface area contributed by atoms with E-state index in [1.807, 2.05) is 36.4 Å². The summed E-state index contributed by atoms with van der Waals surface area (Å²) in [6.07, 6.45) is 5.11. The maximum atomic E-state index is 12.5. The van der Waals surface area contributed by atoms with Crippen molar-refractivity contribution in [2.75, 3.05) is 6.54 Å².